The van der Waals surface area contributed by atoms with Crippen molar-refractivity contribution in [2.24, 2.45) is 0 Å². The van der Waals surface area contributed by atoms with Gasteiger partial charge in [-0.1, -0.05) is 45.7 Å². The van der Waals surface area contributed by atoms with E-state index in [1.807, 2.05) is 24.3 Å². The third-order valence-electron chi connectivity index (χ3n) is 2.89. The van der Waals surface area contributed by atoms with Gasteiger partial charge in [0.25, 0.3) is 5.91 Å². The number of aromatic nitrogens is 2. The van der Waals surface area contributed by atoms with E-state index in [1.54, 1.807) is 24.4 Å². The molecule has 3 rings (SSSR count). The molecular weight excluding hydrogens is 354 g/mol. The SMILES string of the molecule is O=C(Nc1cc(Br)ccn1)c1cc(Cl)nc2ccccc12. The van der Waals surface area contributed by atoms with E-state index < -0.39 is 0 Å². The molecule has 1 aromatic carbocycles. The molecule has 2 heterocycles. The van der Waals surface area contributed by atoms with Crippen LogP contribution in [0.5, 0.6) is 0 Å². The lowest BCUT2D eigenvalue weighted by Gasteiger charge is -2.08. The van der Waals surface area contributed by atoms with Crippen LogP contribution in [0.2, 0.25) is 5.15 Å². The van der Waals surface area contributed by atoms with E-state index in [9.17, 15) is 4.79 Å². The number of carbonyl (C=O) groups excluding carboxylic acids is 1. The van der Waals surface area contributed by atoms with Crippen molar-refractivity contribution in [2.45, 2.75) is 0 Å². The number of amides is 1. The second-order valence-corrected chi connectivity index (χ2v) is 5.63. The van der Waals surface area contributed by atoms with Gasteiger partial charge in [0.1, 0.15) is 11.0 Å². The molecule has 21 heavy (non-hydrogen) atoms. The Morgan fingerprint density at radius 1 is 1.19 bits per heavy atom. The number of carbonyl (C=O) groups is 1. The van der Waals surface area contributed by atoms with E-state index in [2.05, 4.69) is 31.2 Å². The van der Waals surface area contributed by atoms with E-state index in [0.717, 1.165) is 9.86 Å². The van der Waals surface area contributed by atoms with E-state index in [4.69, 9.17) is 11.6 Å². The number of hydrogen-bond donors (Lipinski definition) is 1. The van der Waals surface area contributed by atoms with Crippen LogP contribution in [0.3, 0.4) is 0 Å². The van der Waals surface area contributed by atoms with Crippen molar-refractivity contribution < 1.29 is 4.79 Å². The average molecular weight is 363 g/mol. The Hall–Kier alpha value is -1.98. The van der Waals surface area contributed by atoms with Crippen LogP contribution in [-0.4, -0.2) is 15.9 Å². The maximum Gasteiger partial charge on any atom is 0.257 e. The maximum atomic E-state index is 12.4. The molecule has 1 N–H and O–H groups in total. The number of benzene rings is 1. The smallest absolute Gasteiger partial charge is 0.257 e. The number of halogens is 2. The molecule has 0 aliphatic heterocycles. The van der Waals surface area contributed by atoms with Gasteiger partial charge in [0.2, 0.25) is 0 Å². The molecule has 2 aromatic heterocycles. The van der Waals surface area contributed by atoms with E-state index in [0.29, 0.717) is 16.9 Å². The van der Waals surface area contributed by atoms with Crippen LogP contribution >= 0.6 is 27.5 Å². The number of para-hydroxylation sites is 1. The quantitative estimate of drug-likeness (QED) is 0.692. The maximum absolute atomic E-state index is 12.4. The molecule has 0 saturated heterocycles. The van der Waals surface area contributed by atoms with Crippen LogP contribution in [0.1, 0.15) is 10.4 Å². The number of pyridine rings is 2. The second-order valence-electron chi connectivity index (χ2n) is 4.32. The highest BCUT2D eigenvalue weighted by Crippen LogP contribution is 2.22. The zero-order chi connectivity index (χ0) is 14.8. The number of rotatable bonds is 2. The van der Waals surface area contributed by atoms with Gasteiger partial charge in [0.15, 0.2) is 0 Å². The first-order valence-electron chi connectivity index (χ1n) is 6.12. The first-order valence-corrected chi connectivity index (χ1v) is 7.29. The Morgan fingerprint density at radius 3 is 2.81 bits per heavy atom. The third kappa shape index (κ3) is 3.04. The monoisotopic (exact) mass is 361 g/mol. The fourth-order valence-corrected chi connectivity index (χ4v) is 2.52. The summed E-state index contributed by atoms with van der Waals surface area (Å²) in [6.07, 6.45) is 1.61. The molecule has 0 aliphatic carbocycles. The number of anilines is 1. The molecule has 0 unspecified atom stereocenters. The van der Waals surface area contributed by atoms with Crippen molar-refractivity contribution in [1.82, 2.24) is 9.97 Å². The summed E-state index contributed by atoms with van der Waals surface area (Å²) in [7, 11) is 0. The molecule has 0 bridgehead atoms. The molecule has 3 aromatic rings. The van der Waals surface area contributed by atoms with Crippen molar-refractivity contribution in [3.8, 4) is 0 Å². The minimum atomic E-state index is -0.277. The van der Waals surface area contributed by atoms with Crippen LogP contribution in [0.25, 0.3) is 10.9 Å². The Bertz CT molecular complexity index is 838. The van der Waals surface area contributed by atoms with Gasteiger partial charge in [-0.25, -0.2) is 9.97 Å². The molecule has 0 spiro atoms. The first kappa shape index (κ1) is 14.0. The summed E-state index contributed by atoms with van der Waals surface area (Å²) >= 11 is 9.32. The van der Waals surface area contributed by atoms with Crippen molar-refractivity contribution in [3.05, 3.63) is 63.9 Å². The summed E-state index contributed by atoms with van der Waals surface area (Å²) in [5.74, 6) is 0.187. The van der Waals surface area contributed by atoms with E-state index in [-0.39, 0.29) is 11.1 Å². The van der Waals surface area contributed by atoms with Gasteiger partial charge in [-0.15, -0.1) is 0 Å². The number of fused-ring (bicyclic) bond motifs is 1. The van der Waals surface area contributed by atoms with Gasteiger partial charge in [-0.05, 0) is 24.3 Å². The van der Waals surface area contributed by atoms with Gasteiger partial charge in [-0.2, -0.15) is 0 Å². The van der Waals surface area contributed by atoms with E-state index >= 15 is 0 Å². The molecule has 6 heteroatoms. The first-order chi connectivity index (χ1) is 10.1. The van der Waals surface area contributed by atoms with Crippen LogP contribution in [0.4, 0.5) is 5.82 Å². The predicted molar refractivity (Wildman–Crippen MR) is 86.6 cm³/mol. The zero-order valence-corrected chi connectivity index (χ0v) is 13.0. The normalized spacial score (nSPS) is 10.6. The fraction of sp³-hybridized carbons (Fsp3) is 0. The van der Waals surface area contributed by atoms with Crippen molar-refractivity contribution in [3.63, 3.8) is 0 Å². The van der Waals surface area contributed by atoms with Gasteiger partial charge in [0, 0.05) is 16.1 Å². The highest BCUT2D eigenvalue weighted by molar-refractivity contribution is 9.10. The molecule has 0 saturated carbocycles. The second kappa shape index (κ2) is 5.79. The van der Waals surface area contributed by atoms with Crippen LogP contribution < -0.4 is 5.32 Å². The topological polar surface area (TPSA) is 54.9 Å². The summed E-state index contributed by atoms with van der Waals surface area (Å²) in [5.41, 5.74) is 1.14. The highest BCUT2D eigenvalue weighted by Gasteiger charge is 2.13. The van der Waals surface area contributed by atoms with Crippen molar-refractivity contribution in [2.75, 3.05) is 5.32 Å². The van der Waals surface area contributed by atoms with Crippen LogP contribution in [0.15, 0.2) is 53.1 Å². The average Bonchev–Trinajstić information content (AvgIpc) is 2.46. The molecule has 1 amide bonds. The summed E-state index contributed by atoms with van der Waals surface area (Å²) in [6, 6.07) is 12.4. The molecule has 0 atom stereocenters. The van der Waals surface area contributed by atoms with Gasteiger partial charge in [-0.3, -0.25) is 4.79 Å². The predicted octanol–water partition coefficient (Wildman–Crippen LogP) is 4.30. The third-order valence-corrected chi connectivity index (χ3v) is 3.58. The van der Waals surface area contributed by atoms with Gasteiger partial charge >= 0.3 is 0 Å². The molecule has 4 nitrogen and oxygen atoms in total. The van der Waals surface area contributed by atoms with Gasteiger partial charge < -0.3 is 5.32 Å². The lowest BCUT2D eigenvalue weighted by atomic mass is 10.1. The minimum Gasteiger partial charge on any atom is -0.307 e. The van der Waals surface area contributed by atoms with Crippen LogP contribution in [0, 0.1) is 0 Å². The fourth-order valence-electron chi connectivity index (χ4n) is 1.99. The van der Waals surface area contributed by atoms with Crippen molar-refractivity contribution in [1.29, 1.82) is 0 Å². The summed E-state index contributed by atoms with van der Waals surface area (Å²) < 4.78 is 0.838. The lowest BCUT2D eigenvalue weighted by Crippen LogP contribution is -2.13. The molecule has 0 radical (unpaired) electrons. The molecule has 104 valence electrons. The van der Waals surface area contributed by atoms with E-state index in [1.165, 1.54) is 0 Å². The molecule has 0 aliphatic rings. The largest absolute Gasteiger partial charge is 0.307 e. The Morgan fingerprint density at radius 2 is 2.00 bits per heavy atom. The number of hydrogen-bond acceptors (Lipinski definition) is 3. The Kier molecular flexibility index (Phi) is 3.86. The highest BCUT2D eigenvalue weighted by atomic mass is 79.9. The minimum absolute atomic E-state index is 0.277. The summed E-state index contributed by atoms with van der Waals surface area (Å²) in [6.45, 7) is 0. The van der Waals surface area contributed by atoms with Gasteiger partial charge in [0.05, 0.1) is 11.1 Å². The Balaban J connectivity index is 2.02. The summed E-state index contributed by atoms with van der Waals surface area (Å²) in [4.78, 5) is 20.7. The lowest BCUT2D eigenvalue weighted by molar-refractivity contribution is 0.102. The molecule has 0 fully saturated rings. The zero-order valence-electron chi connectivity index (χ0n) is 10.7. The summed E-state index contributed by atoms with van der Waals surface area (Å²) in [5, 5.41) is 3.78. The number of nitrogens with zero attached hydrogens (tertiary/aromatic N) is 2. The standard InChI is InChI=1S/C15H9BrClN3O/c16-9-5-6-18-14(7-9)20-15(21)11-8-13(17)19-12-4-2-1-3-10(11)12/h1-8H,(H,18,20,21). The number of nitrogens with one attached hydrogen (secondary N) is 1. The van der Waals surface area contributed by atoms with Crippen molar-refractivity contribution >= 4 is 50.2 Å². The van der Waals surface area contributed by atoms with Crippen LogP contribution in [-0.2, 0) is 0 Å². The molecular formula is C15H9BrClN3O. The Labute approximate surface area is 134 Å².